The molecule has 6 nitrogen and oxygen atoms in total. The third-order valence-electron chi connectivity index (χ3n) is 5.06. The minimum atomic E-state index is -0.704. The quantitative estimate of drug-likeness (QED) is 0.298. The SMILES string of the molecule is Cc1ccc(CNC(=O)C(CC(C)C)NC(=O)c2nc(SCc3ccccc3)ncc2Cl)cc1. The number of thioether (sulfide) groups is 1. The fraction of sp³-hybridized carbons (Fsp3) is 0.308. The second-order valence-corrected chi connectivity index (χ2v) is 9.83. The first-order valence-electron chi connectivity index (χ1n) is 11.1. The van der Waals surface area contributed by atoms with Crippen LogP contribution in [0, 0.1) is 12.8 Å². The van der Waals surface area contributed by atoms with Gasteiger partial charge in [-0.05, 0) is 30.4 Å². The molecule has 2 aromatic carbocycles. The normalized spacial score (nSPS) is 11.8. The maximum atomic E-state index is 13.0. The molecule has 178 valence electrons. The molecule has 0 fully saturated rings. The van der Waals surface area contributed by atoms with E-state index in [9.17, 15) is 9.59 Å². The smallest absolute Gasteiger partial charge is 0.272 e. The first kappa shape index (κ1) is 25.7. The van der Waals surface area contributed by atoms with Crippen LogP contribution < -0.4 is 10.6 Å². The summed E-state index contributed by atoms with van der Waals surface area (Å²) in [6, 6.07) is 17.2. The molecule has 2 N–H and O–H groups in total. The van der Waals surface area contributed by atoms with Gasteiger partial charge in [0.1, 0.15) is 6.04 Å². The summed E-state index contributed by atoms with van der Waals surface area (Å²) >= 11 is 7.65. The average molecular weight is 497 g/mol. The lowest BCUT2D eigenvalue weighted by atomic mass is 10.0. The second kappa shape index (κ2) is 12.5. The summed E-state index contributed by atoms with van der Waals surface area (Å²) in [5.74, 6) is 0.130. The molecule has 0 bridgehead atoms. The maximum absolute atomic E-state index is 13.0. The van der Waals surface area contributed by atoms with E-state index in [0.717, 1.165) is 16.7 Å². The number of rotatable bonds is 10. The Morgan fingerprint density at radius 1 is 1.03 bits per heavy atom. The Morgan fingerprint density at radius 3 is 2.41 bits per heavy atom. The highest BCUT2D eigenvalue weighted by molar-refractivity contribution is 7.98. The highest BCUT2D eigenvalue weighted by atomic mass is 35.5. The monoisotopic (exact) mass is 496 g/mol. The molecular weight excluding hydrogens is 468 g/mol. The summed E-state index contributed by atoms with van der Waals surface area (Å²) in [7, 11) is 0. The van der Waals surface area contributed by atoms with Gasteiger partial charge < -0.3 is 10.6 Å². The van der Waals surface area contributed by atoms with Gasteiger partial charge >= 0.3 is 0 Å². The molecule has 34 heavy (non-hydrogen) atoms. The topological polar surface area (TPSA) is 84.0 Å². The number of hydrogen-bond donors (Lipinski definition) is 2. The van der Waals surface area contributed by atoms with Gasteiger partial charge in [-0.1, -0.05) is 97.4 Å². The van der Waals surface area contributed by atoms with Crippen molar-refractivity contribution in [2.45, 2.75) is 50.7 Å². The van der Waals surface area contributed by atoms with E-state index in [0.29, 0.717) is 23.9 Å². The molecule has 0 saturated heterocycles. The van der Waals surface area contributed by atoms with Crippen LogP contribution in [0.1, 0.15) is 47.4 Å². The number of aryl methyl sites for hydroxylation is 1. The number of carbonyl (C=O) groups excluding carboxylic acids is 2. The number of hydrogen-bond acceptors (Lipinski definition) is 5. The first-order valence-corrected chi connectivity index (χ1v) is 12.5. The molecule has 8 heteroatoms. The number of aromatic nitrogens is 2. The molecule has 2 amide bonds. The zero-order valence-electron chi connectivity index (χ0n) is 19.5. The van der Waals surface area contributed by atoms with Crippen molar-refractivity contribution in [3.63, 3.8) is 0 Å². The molecular formula is C26H29ClN4O2S. The summed E-state index contributed by atoms with van der Waals surface area (Å²) in [5.41, 5.74) is 3.34. The van der Waals surface area contributed by atoms with Crippen LogP contribution in [-0.4, -0.2) is 27.8 Å². The van der Waals surface area contributed by atoms with E-state index in [2.05, 4.69) is 20.6 Å². The lowest BCUT2D eigenvalue weighted by Crippen LogP contribution is -2.47. The van der Waals surface area contributed by atoms with Crippen LogP contribution in [0.3, 0.4) is 0 Å². The van der Waals surface area contributed by atoms with Crippen LogP contribution in [0.5, 0.6) is 0 Å². The van der Waals surface area contributed by atoms with Crippen LogP contribution in [-0.2, 0) is 17.1 Å². The van der Waals surface area contributed by atoms with E-state index < -0.39 is 11.9 Å². The Hall–Kier alpha value is -2.90. The van der Waals surface area contributed by atoms with Gasteiger partial charge in [0.05, 0.1) is 11.2 Å². The van der Waals surface area contributed by atoms with Crippen LogP contribution in [0.25, 0.3) is 0 Å². The Morgan fingerprint density at radius 2 is 1.74 bits per heavy atom. The number of halogens is 1. The number of nitrogens with zero attached hydrogens (tertiary/aromatic N) is 2. The van der Waals surface area contributed by atoms with Gasteiger partial charge in [0.2, 0.25) is 5.91 Å². The fourth-order valence-electron chi connectivity index (χ4n) is 3.25. The Balaban J connectivity index is 1.66. The fourth-order valence-corrected chi connectivity index (χ4v) is 4.20. The molecule has 3 aromatic rings. The van der Waals surface area contributed by atoms with Gasteiger partial charge in [0, 0.05) is 12.3 Å². The van der Waals surface area contributed by atoms with E-state index in [1.807, 2.05) is 75.4 Å². The Kier molecular flexibility index (Phi) is 9.48. The second-order valence-electron chi connectivity index (χ2n) is 8.48. The van der Waals surface area contributed by atoms with Crippen LogP contribution in [0.4, 0.5) is 0 Å². The number of amides is 2. The highest BCUT2D eigenvalue weighted by Gasteiger charge is 2.24. The number of nitrogens with one attached hydrogen (secondary N) is 2. The minimum Gasteiger partial charge on any atom is -0.350 e. The van der Waals surface area contributed by atoms with Gasteiger partial charge in [-0.25, -0.2) is 9.97 Å². The van der Waals surface area contributed by atoms with E-state index in [1.165, 1.54) is 18.0 Å². The van der Waals surface area contributed by atoms with Crippen LogP contribution in [0.2, 0.25) is 5.02 Å². The lowest BCUT2D eigenvalue weighted by Gasteiger charge is -2.20. The predicted molar refractivity (Wildman–Crippen MR) is 137 cm³/mol. The summed E-state index contributed by atoms with van der Waals surface area (Å²) in [6.45, 7) is 6.41. The summed E-state index contributed by atoms with van der Waals surface area (Å²) in [5, 5.41) is 6.33. The molecule has 0 radical (unpaired) electrons. The molecule has 0 saturated carbocycles. The highest BCUT2D eigenvalue weighted by Crippen LogP contribution is 2.22. The van der Waals surface area contributed by atoms with Gasteiger partial charge in [-0.2, -0.15) is 0 Å². The molecule has 1 atom stereocenters. The first-order chi connectivity index (χ1) is 16.3. The molecule has 0 aliphatic heterocycles. The standard InChI is InChI=1S/C26H29ClN4O2S/c1-17(2)13-22(24(32)28-14-19-11-9-18(3)10-12-19)30-25(33)23-21(27)15-29-26(31-23)34-16-20-7-5-4-6-8-20/h4-12,15,17,22H,13-14,16H2,1-3H3,(H,28,32)(H,30,33). The largest absolute Gasteiger partial charge is 0.350 e. The third-order valence-corrected chi connectivity index (χ3v) is 6.27. The Labute approximate surface area is 209 Å². The van der Waals surface area contributed by atoms with Crippen molar-refractivity contribution in [2.75, 3.05) is 0 Å². The molecule has 0 aliphatic rings. The van der Waals surface area contributed by atoms with E-state index in [-0.39, 0.29) is 22.5 Å². The lowest BCUT2D eigenvalue weighted by molar-refractivity contribution is -0.123. The average Bonchev–Trinajstić information content (AvgIpc) is 2.83. The summed E-state index contributed by atoms with van der Waals surface area (Å²) < 4.78 is 0. The van der Waals surface area contributed by atoms with Crippen molar-refractivity contribution in [2.24, 2.45) is 5.92 Å². The van der Waals surface area contributed by atoms with Crippen molar-refractivity contribution in [1.29, 1.82) is 0 Å². The molecule has 1 heterocycles. The molecule has 1 aromatic heterocycles. The molecule has 1 unspecified atom stereocenters. The van der Waals surface area contributed by atoms with Crippen molar-refractivity contribution < 1.29 is 9.59 Å². The zero-order chi connectivity index (χ0) is 24.5. The van der Waals surface area contributed by atoms with Crippen molar-refractivity contribution in [3.05, 3.63) is 88.2 Å². The number of carbonyl (C=O) groups is 2. The maximum Gasteiger partial charge on any atom is 0.272 e. The number of benzene rings is 2. The summed E-state index contributed by atoms with van der Waals surface area (Å²) in [4.78, 5) is 34.5. The molecule has 3 rings (SSSR count). The van der Waals surface area contributed by atoms with Crippen LogP contribution >= 0.6 is 23.4 Å². The van der Waals surface area contributed by atoms with Gasteiger partial charge in [0.25, 0.3) is 5.91 Å². The minimum absolute atomic E-state index is 0.0623. The van der Waals surface area contributed by atoms with Crippen LogP contribution in [0.15, 0.2) is 66.0 Å². The van der Waals surface area contributed by atoms with Crippen molar-refractivity contribution >= 4 is 35.2 Å². The molecule has 0 aliphatic carbocycles. The third kappa shape index (κ3) is 7.85. The van der Waals surface area contributed by atoms with E-state index in [4.69, 9.17) is 11.6 Å². The van der Waals surface area contributed by atoms with E-state index in [1.54, 1.807) is 0 Å². The van der Waals surface area contributed by atoms with Crippen molar-refractivity contribution in [3.8, 4) is 0 Å². The molecule has 0 spiro atoms. The van der Waals surface area contributed by atoms with Gasteiger partial charge in [-0.15, -0.1) is 0 Å². The van der Waals surface area contributed by atoms with Gasteiger partial charge in [0.15, 0.2) is 10.9 Å². The van der Waals surface area contributed by atoms with Crippen molar-refractivity contribution in [1.82, 2.24) is 20.6 Å². The predicted octanol–water partition coefficient (Wildman–Crippen LogP) is 5.19. The van der Waals surface area contributed by atoms with Gasteiger partial charge in [-0.3, -0.25) is 9.59 Å². The van der Waals surface area contributed by atoms with E-state index >= 15 is 0 Å². The zero-order valence-corrected chi connectivity index (χ0v) is 21.1. The summed E-state index contributed by atoms with van der Waals surface area (Å²) in [6.07, 6.45) is 1.91. The Bertz CT molecular complexity index is 1110.